The Morgan fingerprint density at radius 3 is 2.05 bits per heavy atom. The highest BCUT2D eigenvalue weighted by atomic mass is 16.5. The summed E-state index contributed by atoms with van der Waals surface area (Å²) in [5.41, 5.74) is 6.13. The molecule has 4 heteroatoms. The van der Waals surface area contributed by atoms with Crippen LogP contribution in [0.15, 0.2) is 18.2 Å². The lowest BCUT2D eigenvalue weighted by atomic mass is 9.77. The highest BCUT2D eigenvalue weighted by Gasteiger charge is 2.36. The third kappa shape index (κ3) is 2.89. The molecule has 0 saturated heterocycles. The molecule has 4 nitrogen and oxygen atoms in total. The molecule has 0 bridgehead atoms. The Hall–Kier alpha value is -1.55. The van der Waals surface area contributed by atoms with Crippen molar-refractivity contribution < 1.29 is 14.3 Å². The molecule has 0 spiro atoms. The summed E-state index contributed by atoms with van der Waals surface area (Å²) >= 11 is 0. The van der Waals surface area contributed by atoms with Crippen LogP contribution in [-0.2, 0) is 0 Å². The molecule has 1 fully saturated rings. The smallest absolute Gasteiger partial charge is 0.182 e. The summed E-state index contributed by atoms with van der Waals surface area (Å²) in [6.45, 7) is 0. The molecule has 2 N–H and O–H groups in total. The van der Waals surface area contributed by atoms with E-state index in [9.17, 15) is 4.79 Å². The molecule has 0 heterocycles. The number of rotatable bonds is 4. The van der Waals surface area contributed by atoms with E-state index in [1.165, 1.54) is 0 Å². The SMILES string of the molecule is COc1cc(OC)cc(C(=O)C2(N)CCCCC2)c1. The Bertz CT molecular complexity index is 442. The van der Waals surface area contributed by atoms with Crippen LogP contribution in [0.3, 0.4) is 0 Å². The highest BCUT2D eigenvalue weighted by molar-refractivity contribution is 6.03. The Labute approximate surface area is 113 Å². The maximum Gasteiger partial charge on any atom is 0.182 e. The number of carbonyl (C=O) groups is 1. The minimum absolute atomic E-state index is 0.00981. The van der Waals surface area contributed by atoms with Gasteiger partial charge in [0.15, 0.2) is 5.78 Å². The summed E-state index contributed by atoms with van der Waals surface area (Å²) in [5.74, 6) is 1.22. The minimum atomic E-state index is -0.727. The van der Waals surface area contributed by atoms with E-state index in [2.05, 4.69) is 0 Å². The molecule has 0 radical (unpaired) electrons. The maximum atomic E-state index is 12.6. The first-order valence-electron chi connectivity index (χ1n) is 6.66. The van der Waals surface area contributed by atoms with Gasteiger partial charge in [0.25, 0.3) is 0 Å². The van der Waals surface area contributed by atoms with E-state index in [1.807, 2.05) is 0 Å². The van der Waals surface area contributed by atoms with E-state index >= 15 is 0 Å². The van der Waals surface area contributed by atoms with Crippen LogP contribution in [0.2, 0.25) is 0 Å². The summed E-state index contributed by atoms with van der Waals surface area (Å²) in [6, 6.07) is 5.21. The fourth-order valence-corrected chi connectivity index (χ4v) is 2.64. The first kappa shape index (κ1) is 13.9. The lowest BCUT2D eigenvalue weighted by Gasteiger charge is -2.32. The molecule has 0 atom stereocenters. The summed E-state index contributed by atoms with van der Waals surface area (Å²) < 4.78 is 10.4. The number of Topliss-reactive ketones (excluding diaryl/α,β-unsaturated/α-hetero) is 1. The van der Waals surface area contributed by atoms with Gasteiger partial charge in [-0.3, -0.25) is 4.79 Å². The number of hydrogen-bond acceptors (Lipinski definition) is 4. The molecule has 104 valence electrons. The largest absolute Gasteiger partial charge is 0.497 e. The molecule has 0 aliphatic heterocycles. The number of hydrogen-bond donors (Lipinski definition) is 1. The Kier molecular flexibility index (Phi) is 4.10. The zero-order valence-electron chi connectivity index (χ0n) is 11.6. The number of ketones is 1. The zero-order chi connectivity index (χ0) is 13.9. The monoisotopic (exact) mass is 263 g/mol. The van der Waals surface area contributed by atoms with Gasteiger partial charge < -0.3 is 15.2 Å². The normalized spacial score (nSPS) is 17.8. The third-order valence-corrected chi connectivity index (χ3v) is 3.81. The molecular formula is C15H21NO3. The molecule has 1 aromatic rings. The highest BCUT2D eigenvalue weighted by Crippen LogP contribution is 2.31. The minimum Gasteiger partial charge on any atom is -0.497 e. The number of nitrogens with two attached hydrogens (primary N) is 1. The van der Waals surface area contributed by atoms with Crippen molar-refractivity contribution in [2.45, 2.75) is 37.6 Å². The number of ether oxygens (including phenoxy) is 2. The van der Waals surface area contributed by atoms with Gasteiger partial charge in [0.1, 0.15) is 11.5 Å². The molecule has 1 saturated carbocycles. The van der Waals surface area contributed by atoms with Crippen LogP contribution < -0.4 is 15.2 Å². The summed E-state index contributed by atoms with van der Waals surface area (Å²) in [5, 5.41) is 0. The number of carbonyl (C=O) groups excluding carboxylic acids is 1. The van der Waals surface area contributed by atoms with Crippen LogP contribution in [0, 0.1) is 0 Å². The van der Waals surface area contributed by atoms with E-state index in [0.29, 0.717) is 17.1 Å². The van der Waals surface area contributed by atoms with Gasteiger partial charge in [-0.2, -0.15) is 0 Å². The maximum absolute atomic E-state index is 12.6. The van der Waals surface area contributed by atoms with Crippen LogP contribution in [0.1, 0.15) is 42.5 Å². The van der Waals surface area contributed by atoms with Crippen molar-refractivity contribution >= 4 is 5.78 Å². The fraction of sp³-hybridized carbons (Fsp3) is 0.533. The molecular weight excluding hydrogens is 242 g/mol. The predicted molar refractivity (Wildman–Crippen MR) is 73.9 cm³/mol. The Morgan fingerprint density at radius 2 is 1.58 bits per heavy atom. The van der Waals surface area contributed by atoms with E-state index in [0.717, 1.165) is 32.1 Å². The molecule has 2 rings (SSSR count). The zero-order valence-corrected chi connectivity index (χ0v) is 11.6. The quantitative estimate of drug-likeness (QED) is 0.848. The van der Waals surface area contributed by atoms with Gasteiger partial charge in [-0.25, -0.2) is 0 Å². The molecule has 1 aliphatic carbocycles. The topological polar surface area (TPSA) is 61.5 Å². The first-order valence-corrected chi connectivity index (χ1v) is 6.66. The van der Waals surface area contributed by atoms with E-state index in [1.54, 1.807) is 32.4 Å². The van der Waals surface area contributed by atoms with Gasteiger partial charge in [0.2, 0.25) is 0 Å². The van der Waals surface area contributed by atoms with Crippen molar-refractivity contribution in [3.05, 3.63) is 23.8 Å². The molecule has 19 heavy (non-hydrogen) atoms. The Balaban J connectivity index is 2.32. The molecule has 1 aromatic carbocycles. The second-order valence-electron chi connectivity index (χ2n) is 5.15. The van der Waals surface area contributed by atoms with Crippen LogP contribution in [0.5, 0.6) is 11.5 Å². The van der Waals surface area contributed by atoms with Crippen molar-refractivity contribution in [2.24, 2.45) is 5.73 Å². The Morgan fingerprint density at radius 1 is 1.05 bits per heavy atom. The second-order valence-corrected chi connectivity index (χ2v) is 5.15. The van der Waals surface area contributed by atoms with Gasteiger partial charge in [-0.1, -0.05) is 19.3 Å². The lowest BCUT2D eigenvalue weighted by molar-refractivity contribution is 0.0847. The van der Waals surface area contributed by atoms with Gasteiger partial charge in [0.05, 0.1) is 19.8 Å². The van der Waals surface area contributed by atoms with Gasteiger partial charge in [0, 0.05) is 11.6 Å². The van der Waals surface area contributed by atoms with Gasteiger partial charge in [-0.15, -0.1) is 0 Å². The lowest BCUT2D eigenvalue weighted by Crippen LogP contribution is -2.49. The van der Waals surface area contributed by atoms with Crippen LogP contribution in [-0.4, -0.2) is 25.5 Å². The van der Waals surface area contributed by atoms with Crippen molar-refractivity contribution in [2.75, 3.05) is 14.2 Å². The molecule has 0 unspecified atom stereocenters. The first-order chi connectivity index (χ1) is 9.09. The van der Waals surface area contributed by atoms with Crippen LogP contribution in [0.25, 0.3) is 0 Å². The number of benzene rings is 1. The molecule has 0 aromatic heterocycles. The van der Waals surface area contributed by atoms with Gasteiger partial charge >= 0.3 is 0 Å². The van der Waals surface area contributed by atoms with E-state index < -0.39 is 5.54 Å². The summed E-state index contributed by atoms with van der Waals surface area (Å²) in [4.78, 5) is 12.6. The number of methoxy groups -OCH3 is 2. The van der Waals surface area contributed by atoms with Crippen molar-refractivity contribution in [3.63, 3.8) is 0 Å². The predicted octanol–water partition coefficient (Wildman–Crippen LogP) is 2.55. The average Bonchev–Trinajstić information content (AvgIpc) is 2.46. The van der Waals surface area contributed by atoms with Crippen LogP contribution >= 0.6 is 0 Å². The van der Waals surface area contributed by atoms with Crippen molar-refractivity contribution in [1.29, 1.82) is 0 Å². The average molecular weight is 263 g/mol. The fourth-order valence-electron chi connectivity index (χ4n) is 2.64. The standard InChI is InChI=1S/C15H21NO3/c1-18-12-8-11(9-13(10-12)19-2)14(17)15(16)6-4-3-5-7-15/h8-10H,3-7,16H2,1-2H3. The van der Waals surface area contributed by atoms with E-state index in [-0.39, 0.29) is 5.78 Å². The van der Waals surface area contributed by atoms with Crippen molar-refractivity contribution in [1.82, 2.24) is 0 Å². The van der Waals surface area contributed by atoms with Gasteiger partial charge in [-0.05, 0) is 25.0 Å². The third-order valence-electron chi connectivity index (χ3n) is 3.81. The second kappa shape index (κ2) is 5.61. The molecule has 0 amide bonds. The summed E-state index contributed by atoms with van der Waals surface area (Å²) in [7, 11) is 3.14. The molecule has 1 aliphatic rings. The van der Waals surface area contributed by atoms with E-state index in [4.69, 9.17) is 15.2 Å². The summed E-state index contributed by atoms with van der Waals surface area (Å²) in [6.07, 6.45) is 4.71. The van der Waals surface area contributed by atoms with Crippen LogP contribution in [0.4, 0.5) is 0 Å². The van der Waals surface area contributed by atoms with Crippen molar-refractivity contribution in [3.8, 4) is 11.5 Å².